The number of amides is 1. The van der Waals surface area contributed by atoms with Crippen molar-refractivity contribution in [3.8, 4) is 0 Å². The molecule has 2 saturated heterocycles. The summed E-state index contributed by atoms with van der Waals surface area (Å²) in [5.41, 5.74) is 0. The van der Waals surface area contributed by atoms with Crippen LogP contribution in [0, 0.1) is 11.8 Å². The van der Waals surface area contributed by atoms with Crippen LogP contribution >= 0.6 is 0 Å². The second-order valence-electron chi connectivity index (χ2n) is 6.22. The van der Waals surface area contributed by atoms with Crippen LogP contribution in [0.4, 0.5) is 0 Å². The highest BCUT2D eigenvalue weighted by atomic mass is 16.5. The van der Waals surface area contributed by atoms with E-state index in [2.05, 4.69) is 24.1 Å². The molecule has 0 aromatic heterocycles. The number of carbonyl (C=O) groups is 1. The van der Waals surface area contributed by atoms with Gasteiger partial charge in [-0.15, -0.1) is 0 Å². The van der Waals surface area contributed by atoms with Crippen molar-refractivity contribution in [2.75, 3.05) is 32.8 Å². The van der Waals surface area contributed by atoms with Gasteiger partial charge in [-0.3, -0.25) is 4.79 Å². The Kier molecular flexibility index (Phi) is 5.64. The molecule has 0 aromatic rings. The van der Waals surface area contributed by atoms with Gasteiger partial charge in [0.1, 0.15) is 0 Å². The molecule has 0 saturated carbocycles. The SMILES string of the molecule is CC(C)C1CCCN(C(=O)CC2CNCCO2)CC1. The quantitative estimate of drug-likeness (QED) is 0.846. The van der Waals surface area contributed by atoms with Crippen LogP contribution in [0.1, 0.15) is 39.5 Å². The minimum atomic E-state index is 0.0744. The summed E-state index contributed by atoms with van der Waals surface area (Å²) in [7, 11) is 0. The van der Waals surface area contributed by atoms with Gasteiger partial charge < -0.3 is 15.0 Å². The summed E-state index contributed by atoms with van der Waals surface area (Å²) in [6.07, 6.45) is 4.19. The predicted molar refractivity (Wildman–Crippen MR) is 76.0 cm³/mol. The third-order valence-corrected chi connectivity index (χ3v) is 4.47. The molecule has 0 bridgehead atoms. The molecule has 2 atom stereocenters. The average Bonchev–Trinajstić information content (AvgIpc) is 2.65. The topological polar surface area (TPSA) is 41.6 Å². The van der Waals surface area contributed by atoms with E-state index in [1.54, 1.807) is 0 Å². The fourth-order valence-electron chi connectivity index (χ4n) is 3.11. The lowest BCUT2D eigenvalue weighted by Crippen LogP contribution is -2.42. The van der Waals surface area contributed by atoms with Crippen molar-refractivity contribution in [2.45, 2.75) is 45.6 Å². The van der Waals surface area contributed by atoms with E-state index in [0.717, 1.165) is 57.5 Å². The Morgan fingerprint density at radius 3 is 2.89 bits per heavy atom. The number of ether oxygens (including phenoxy) is 1. The van der Waals surface area contributed by atoms with Gasteiger partial charge in [-0.25, -0.2) is 0 Å². The molecule has 0 aliphatic carbocycles. The van der Waals surface area contributed by atoms with Crippen molar-refractivity contribution in [2.24, 2.45) is 11.8 Å². The Balaban J connectivity index is 1.78. The lowest BCUT2D eigenvalue weighted by atomic mass is 9.89. The molecule has 0 radical (unpaired) electrons. The molecule has 2 heterocycles. The maximum Gasteiger partial charge on any atom is 0.225 e. The summed E-state index contributed by atoms with van der Waals surface area (Å²) in [6.45, 7) is 8.91. The minimum absolute atomic E-state index is 0.0744. The molecule has 2 unspecified atom stereocenters. The number of hydrogen-bond donors (Lipinski definition) is 1. The highest BCUT2D eigenvalue weighted by molar-refractivity contribution is 5.76. The molecule has 2 aliphatic heterocycles. The van der Waals surface area contributed by atoms with Crippen LogP contribution in [0.15, 0.2) is 0 Å². The van der Waals surface area contributed by atoms with Gasteiger partial charge in [-0.05, 0) is 31.1 Å². The first-order valence-corrected chi connectivity index (χ1v) is 7.77. The van der Waals surface area contributed by atoms with Crippen molar-refractivity contribution in [1.29, 1.82) is 0 Å². The number of likely N-dealkylation sites (tertiary alicyclic amines) is 1. The number of morpholine rings is 1. The molecule has 2 fully saturated rings. The molecule has 1 N–H and O–H groups in total. The Morgan fingerprint density at radius 1 is 1.37 bits per heavy atom. The fourth-order valence-corrected chi connectivity index (χ4v) is 3.11. The molecule has 4 nitrogen and oxygen atoms in total. The van der Waals surface area contributed by atoms with Gasteiger partial charge in [0.25, 0.3) is 0 Å². The molecule has 19 heavy (non-hydrogen) atoms. The van der Waals surface area contributed by atoms with E-state index in [9.17, 15) is 4.79 Å². The zero-order chi connectivity index (χ0) is 13.7. The van der Waals surface area contributed by atoms with Crippen molar-refractivity contribution < 1.29 is 9.53 Å². The van der Waals surface area contributed by atoms with Gasteiger partial charge >= 0.3 is 0 Å². The van der Waals surface area contributed by atoms with E-state index in [1.165, 1.54) is 6.42 Å². The van der Waals surface area contributed by atoms with Crippen molar-refractivity contribution in [3.05, 3.63) is 0 Å². The Hall–Kier alpha value is -0.610. The standard InChI is InChI=1S/C15H28N2O2/c1-12(2)13-4-3-7-17(8-5-13)15(18)10-14-11-16-6-9-19-14/h12-14,16H,3-11H2,1-2H3. The molecule has 2 aliphatic rings. The van der Waals surface area contributed by atoms with E-state index in [0.29, 0.717) is 6.42 Å². The molecule has 110 valence electrons. The van der Waals surface area contributed by atoms with Crippen LogP contribution in [0.3, 0.4) is 0 Å². The largest absolute Gasteiger partial charge is 0.375 e. The van der Waals surface area contributed by atoms with Crippen LogP contribution in [0.5, 0.6) is 0 Å². The zero-order valence-electron chi connectivity index (χ0n) is 12.4. The summed E-state index contributed by atoms with van der Waals surface area (Å²) >= 11 is 0. The summed E-state index contributed by atoms with van der Waals surface area (Å²) in [6, 6.07) is 0. The van der Waals surface area contributed by atoms with Gasteiger partial charge in [0, 0.05) is 26.2 Å². The van der Waals surface area contributed by atoms with Gasteiger partial charge in [0.15, 0.2) is 0 Å². The first kappa shape index (κ1) is 14.8. The second-order valence-corrected chi connectivity index (χ2v) is 6.22. The second kappa shape index (κ2) is 7.25. The Bertz CT molecular complexity index is 288. The molecule has 1 amide bonds. The lowest BCUT2D eigenvalue weighted by Gasteiger charge is -2.27. The highest BCUT2D eigenvalue weighted by Gasteiger charge is 2.25. The minimum Gasteiger partial charge on any atom is -0.375 e. The van der Waals surface area contributed by atoms with E-state index >= 15 is 0 Å². The molecule has 2 rings (SSSR count). The van der Waals surface area contributed by atoms with Crippen molar-refractivity contribution in [3.63, 3.8) is 0 Å². The van der Waals surface area contributed by atoms with E-state index < -0.39 is 0 Å². The monoisotopic (exact) mass is 268 g/mol. The van der Waals surface area contributed by atoms with Gasteiger partial charge in [-0.2, -0.15) is 0 Å². The molecule has 4 heteroatoms. The number of rotatable bonds is 3. The number of hydrogen-bond acceptors (Lipinski definition) is 3. The maximum absolute atomic E-state index is 12.3. The lowest BCUT2D eigenvalue weighted by molar-refractivity contribution is -0.134. The van der Waals surface area contributed by atoms with Crippen molar-refractivity contribution in [1.82, 2.24) is 10.2 Å². The number of nitrogens with zero attached hydrogens (tertiary/aromatic N) is 1. The van der Waals surface area contributed by atoms with E-state index in [-0.39, 0.29) is 12.0 Å². The first-order chi connectivity index (χ1) is 9.16. The van der Waals surface area contributed by atoms with Gasteiger partial charge in [-0.1, -0.05) is 13.8 Å². The molecular formula is C15H28N2O2. The smallest absolute Gasteiger partial charge is 0.225 e. The van der Waals surface area contributed by atoms with E-state index in [4.69, 9.17) is 4.74 Å². The predicted octanol–water partition coefficient (Wildman–Crippen LogP) is 1.65. The maximum atomic E-state index is 12.3. The summed E-state index contributed by atoms with van der Waals surface area (Å²) < 4.78 is 5.62. The average molecular weight is 268 g/mol. The number of carbonyl (C=O) groups excluding carboxylic acids is 1. The molecule has 0 spiro atoms. The van der Waals surface area contributed by atoms with Gasteiger partial charge in [0.05, 0.1) is 19.1 Å². The Morgan fingerprint density at radius 2 is 2.21 bits per heavy atom. The molecule has 0 aromatic carbocycles. The van der Waals surface area contributed by atoms with Crippen LogP contribution < -0.4 is 5.32 Å². The van der Waals surface area contributed by atoms with Crippen LogP contribution in [-0.2, 0) is 9.53 Å². The van der Waals surface area contributed by atoms with Gasteiger partial charge in [0.2, 0.25) is 5.91 Å². The highest BCUT2D eigenvalue weighted by Crippen LogP contribution is 2.25. The van der Waals surface area contributed by atoms with Crippen molar-refractivity contribution >= 4 is 5.91 Å². The third kappa shape index (κ3) is 4.46. The van der Waals surface area contributed by atoms with Crippen LogP contribution in [-0.4, -0.2) is 49.7 Å². The third-order valence-electron chi connectivity index (χ3n) is 4.47. The van der Waals surface area contributed by atoms with Crippen LogP contribution in [0.2, 0.25) is 0 Å². The normalized spacial score (nSPS) is 29.3. The van der Waals surface area contributed by atoms with Crippen LogP contribution in [0.25, 0.3) is 0 Å². The first-order valence-electron chi connectivity index (χ1n) is 7.77. The summed E-state index contributed by atoms with van der Waals surface area (Å²) in [5, 5.41) is 3.28. The Labute approximate surface area is 116 Å². The number of nitrogens with one attached hydrogen (secondary N) is 1. The molecular weight excluding hydrogens is 240 g/mol. The fraction of sp³-hybridized carbons (Fsp3) is 0.933. The summed E-state index contributed by atoms with van der Waals surface area (Å²) in [4.78, 5) is 14.4. The zero-order valence-corrected chi connectivity index (χ0v) is 12.4. The van der Waals surface area contributed by atoms with E-state index in [1.807, 2.05) is 0 Å². The summed E-state index contributed by atoms with van der Waals surface area (Å²) in [5.74, 6) is 1.80.